The van der Waals surface area contributed by atoms with E-state index in [0.717, 1.165) is 12.0 Å². The minimum atomic E-state index is -0.0162. The predicted octanol–water partition coefficient (Wildman–Crippen LogP) is 1.54. The number of nitrogens with zero attached hydrogens (tertiary/aromatic N) is 1. The van der Waals surface area contributed by atoms with Gasteiger partial charge in [-0.25, -0.2) is 0 Å². The Kier molecular flexibility index (Phi) is 11.8. The Morgan fingerprint density at radius 2 is 1.80 bits per heavy atom. The Morgan fingerprint density at radius 1 is 1.16 bits per heavy atom. The van der Waals surface area contributed by atoms with E-state index in [0.29, 0.717) is 37.1 Å². The van der Waals surface area contributed by atoms with Gasteiger partial charge >= 0.3 is 0 Å². The first-order valence-corrected chi connectivity index (χ1v) is 8.00. The number of hydrogen-bond donors (Lipinski definition) is 3. The molecule has 0 saturated carbocycles. The molecular weight excluding hydrogens is 435 g/mol. The van der Waals surface area contributed by atoms with Crippen LogP contribution in [0.1, 0.15) is 19.4 Å². The van der Waals surface area contributed by atoms with Crippen LogP contribution in [0.25, 0.3) is 0 Å². The molecule has 1 aromatic rings. The van der Waals surface area contributed by atoms with Crippen LogP contribution in [0.15, 0.2) is 23.2 Å². The molecule has 8 heteroatoms. The van der Waals surface area contributed by atoms with Crippen molar-refractivity contribution in [2.75, 3.05) is 33.9 Å². The maximum Gasteiger partial charge on any atom is 0.222 e. The SMILES string of the molecule is COc1ccc(CCN=C(N)NCCNC(=O)C(C)C)cc1OC.I. The van der Waals surface area contributed by atoms with Gasteiger partial charge < -0.3 is 25.8 Å². The lowest BCUT2D eigenvalue weighted by Gasteiger charge is -2.10. The summed E-state index contributed by atoms with van der Waals surface area (Å²) in [7, 11) is 3.22. The Balaban J connectivity index is 0.00000576. The highest BCUT2D eigenvalue weighted by atomic mass is 127. The van der Waals surface area contributed by atoms with Crippen molar-refractivity contribution in [3.63, 3.8) is 0 Å². The number of rotatable bonds is 9. The molecule has 4 N–H and O–H groups in total. The van der Waals surface area contributed by atoms with E-state index in [1.807, 2.05) is 32.0 Å². The third-order valence-electron chi connectivity index (χ3n) is 3.39. The summed E-state index contributed by atoms with van der Waals surface area (Å²) in [5, 5.41) is 5.78. The molecule has 0 aliphatic heterocycles. The van der Waals surface area contributed by atoms with Gasteiger partial charge in [0.1, 0.15) is 0 Å². The summed E-state index contributed by atoms with van der Waals surface area (Å²) >= 11 is 0. The van der Waals surface area contributed by atoms with Crippen molar-refractivity contribution in [2.24, 2.45) is 16.6 Å². The average Bonchev–Trinajstić information content (AvgIpc) is 2.58. The monoisotopic (exact) mass is 464 g/mol. The molecule has 0 saturated heterocycles. The fourth-order valence-corrected chi connectivity index (χ4v) is 1.98. The molecule has 0 bridgehead atoms. The fraction of sp³-hybridized carbons (Fsp3) is 0.529. The average molecular weight is 464 g/mol. The Bertz CT molecular complexity index is 565. The lowest BCUT2D eigenvalue weighted by atomic mass is 10.1. The van der Waals surface area contributed by atoms with Crippen LogP contribution < -0.4 is 25.8 Å². The molecule has 1 amide bonds. The van der Waals surface area contributed by atoms with Gasteiger partial charge in [-0.15, -0.1) is 24.0 Å². The molecule has 142 valence electrons. The number of benzene rings is 1. The van der Waals surface area contributed by atoms with Crippen molar-refractivity contribution in [3.05, 3.63) is 23.8 Å². The first-order valence-electron chi connectivity index (χ1n) is 8.00. The maximum atomic E-state index is 11.4. The van der Waals surface area contributed by atoms with E-state index in [2.05, 4.69) is 15.6 Å². The first kappa shape index (κ1) is 23.3. The smallest absolute Gasteiger partial charge is 0.222 e. The number of nitrogens with one attached hydrogen (secondary N) is 2. The minimum absolute atomic E-state index is 0. The Labute approximate surface area is 166 Å². The third kappa shape index (κ3) is 8.80. The molecule has 0 radical (unpaired) electrons. The molecule has 0 atom stereocenters. The number of methoxy groups -OCH3 is 2. The quantitative estimate of drug-likeness (QED) is 0.223. The number of guanidine groups is 1. The highest BCUT2D eigenvalue weighted by Gasteiger charge is 2.05. The van der Waals surface area contributed by atoms with Crippen LogP contribution in [0.5, 0.6) is 11.5 Å². The predicted molar refractivity (Wildman–Crippen MR) is 111 cm³/mol. The number of halogens is 1. The molecule has 0 aliphatic carbocycles. The van der Waals surface area contributed by atoms with E-state index < -0.39 is 0 Å². The van der Waals surface area contributed by atoms with Crippen molar-refractivity contribution in [3.8, 4) is 11.5 Å². The second kappa shape index (κ2) is 12.6. The van der Waals surface area contributed by atoms with E-state index >= 15 is 0 Å². The lowest BCUT2D eigenvalue weighted by molar-refractivity contribution is -0.123. The van der Waals surface area contributed by atoms with E-state index in [4.69, 9.17) is 15.2 Å². The van der Waals surface area contributed by atoms with Gasteiger partial charge in [0.25, 0.3) is 0 Å². The van der Waals surface area contributed by atoms with E-state index in [1.165, 1.54) is 0 Å². The van der Waals surface area contributed by atoms with Gasteiger partial charge in [-0.2, -0.15) is 0 Å². The van der Waals surface area contributed by atoms with Crippen LogP contribution in [0, 0.1) is 5.92 Å². The summed E-state index contributed by atoms with van der Waals surface area (Å²) in [6, 6.07) is 5.78. The molecular formula is C17H29IN4O3. The van der Waals surface area contributed by atoms with Gasteiger partial charge in [-0.3, -0.25) is 9.79 Å². The lowest BCUT2D eigenvalue weighted by Crippen LogP contribution is -2.39. The minimum Gasteiger partial charge on any atom is -0.493 e. The second-order valence-corrected chi connectivity index (χ2v) is 5.58. The zero-order valence-corrected chi connectivity index (χ0v) is 17.6. The number of ether oxygens (including phenoxy) is 2. The van der Waals surface area contributed by atoms with E-state index in [1.54, 1.807) is 14.2 Å². The summed E-state index contributed by atoms with van der Waals surface area (Å²) in [5.41, 5.74) is 6.89. The highest BCUT2D eigenvalue weighted by molar-refractivity contribution is 14.0. The Hall–Kier alpha value is -1.71. The van der Waals surface area contributed by atoms with Gasteiger partial charge in [-0.05, 0) is 24.1 Å². The van der Waals surface area contributed by atoms with Crippen LogP contribution in [-0.2, 0) is 11.2 Å². The van der Waals surface area contributed by atoms with Crippen molar-refractivity contribution in [1.82, 2.24) is 10.6 Å². The van der Waals surface area contributed by atoms with Crippen molar-refractivity contribution < 1.29 is 14.3 Å². The number of hydrogen-bond acceptors (Lipinski definition) is 4. The molecule has 0 aliphatic rings. The molecule has 0 aromatic heterocycles. The zero-order chi connectivity index (χ0) is 17.9. The van der Waals surface area contributed by atoms with E-state index in [-0.39, 0.29) is 35.8 Å². The van der Waals surface area contributed by atoms with Crippen LogP contribution in [0.3, 0.4) is 0 Å². The van der Waals surface area contributed by atoms with Crippen LogP contribution in [0.4, 0.5) is 0 Å². The van der Waals surface area contributed by atoms with Crippen molar-refractivity contribution in [2.45, 2.75) is 20.3 Å². The second-order valence-electron chi connectivity index (χ2n) is 5.58. The zero-order valence-electron chi connectivity index (χ0n) is 15.3. The van der Waals surface area contributed by atoms with Crippen molar-refractivity contribution >= 4 is 35.8 Å². The van der Waals surface area contributed by atoms with Gasteiger partial charge in [0.05, 0.1) is 14.2 Å². The molecule has 1 rings (SSSR count). The molecule has 25 heavy (non-hydrogen) atoms. The molecule has 1 aromatic carbocycles. The van der Waals surface area contributed by atoms with Crippen LogP contribution in [0.2, 0.25) is 0 Å². The standard InChI is InChI=1S/C17H28N4O3.HI/c1-12(2)16(22)19-9-10-21-17(18)20-8-7-13-5-6-14(23-3)15(11-13)24-4;/h5-6,11-12H,7-10H2,1-4H3,(H,19,22)(H3,18,20,21);1H. The number of amides is 1. The number of carbonyl (C=O) groups is 1. The summed E-state index contributed by atoms with van der Waals surface area (Å²) in [6.07, 6.45) is 0.743. The summed E-state index contributed by atoms with van der Waals surface area (Å²) < 4.78 is 10.5. The Morgan fingerprint density at radius 3 is 2.40 bits per heavy atom. The number of nitrogens with two attached hydrogens (primary N) is 1. The van der Waals surface area contributed by atoms with Gasteiger partial charge in [0.2, 0.25) is 5.91 Å². The molecule has 0 spiro atoms. The maximum absolute atomic E-state index is 11.4. The van der Waals surface area contributed by atoms with Gasteiger partial charge in [0, 0.05) is 25.6 Å². The van der Waals surface area contributed by atoms with Crippen LogP contribution in [-0.4, -0.2) is 45.7 Å². The number of carbonyl (C=O) groups excluding carboxylic acids is 1. The highest BCUT2D eigenvalue weighted by Crippen LogP contribution is 2.27. The summed E-state index contributed by atoms with van der Waals surface area (Å²) in [5.74, 6) is 1.79. The van der Waals surface area contributed by atoms with Gasteiger partial charge in [0.15, 0.2) is 17.5 Å². The topological polar surface area (TPSA) is 98.0 Å². The normalized spacial score (nSPS) is 10.8. The van der Waals surface area contributed by atoms with Crippen LogP contribution >= 0.6 is 24.0 Å². The first-order chi connectivity index (χ1) is 11.5. The molecule has 0 fully saturated rings. The summed E-state index contributed by atoms with van der Waals surface area (Å²) in [6.45, 7) is 5.33. The third-order valence-corrected chi connectivity index (χ3v) is 3.39. The number of aliphatic imine (C=N–C) groups is 1. The molecule has 0 unspecified atom stereocenters. The molecule has 7 nitrogen and oxygen atoms in total. The fourth-order valence-electron chi connectivity index (χ4n) is 1.98. The van der Waals surface area contributed by atoms with Crippen molar-refractivity contribution in [1.29, 1.82) is 0 Å². The van der Waals surface area contributed by atoms with Gasteiger partial charge in [-0.1, -0.05) is 19.9 Å². The summed E-state index contributed by atoms with van der Waals surface area (Å²) in [4.78, 5) is 15.7. The molecule has 0 heterocycles. The largest absolute Gasteiger partial charge is 0.493 e. The van der Waals surface area contributed by atoms with E-state index in [9.17, 15) is 4.79 Å².